The highest BCUT2D eigenvalue weighted by atomic mass is 79.9. The summed E-state index contributed by atoms with van der Waals surface area (Å²) >= 11 is 3.53. The van der Waals surface area contributed by atoms with Crippen LogP contribution in [0.2, 0.25) is 0 Å². The first kappa shape index (κ1) is 15.8. The maximum absolute atomic E-state index is 8.68. The SMILES string of the molecule is COc1ccc(Br)c(CN(CC(N)=NO)C(C)C)c1. The first-order valence-corrected chi connectivity index (χ1v) is 6.80. The summed E-state index contributed by atoms with van der Waals surface area (Å²) in [5, 5.41) is 11.7. The van der Waals surface area contributed by atoms with Crippen LogP contribution >= 0.6 is 15.9 Å². The van der Waals surface area contributed by atoms with E-state index in [2.05, 4.69) is 39.8 Å². The molecule has 6 heteroatoms. The molecule has 0 heterocycles. The minimum absolute atomic E-state index is 0.202. The topological polar surface area (TPSA) is 71.1 Å². The van der Waals surface area contributed by atoms with Gasteiger partial charge < -0.3 is 15.7 Å². The molecule has 0 aliphatic heterocycles. The predicted octanol–water partition coefficient (Wildman–Crippen LogP) is 2.41. The first-order chi connectivity index (χ1) is 8.97. The molecule has 0 saturated carbocycles. The van der Waals surface area contributed by atoms with Gasteiger partial charge in [0.15, 0.2) is 5.84 Å². The lowest BCUT2D eigenvalue weighted by Crippen LogP contribution is -2.38. The van der Waals surface area contributed by atoms with Gasteiger partial charge >= 0.3 is 0 Å². The van der Waals surface area contributed by atoms with Gasteiger partial charge in [0.05, 0.1) is 13.7 Å². The fourth-order valence-electron chi connectivity index (χ4n) is 1.68. The van der Waals surface area contributed by atoms with Crippen LogP contribution in [0.25, 0.3) is 0 Å². The quantitative estimate of drug-likeness (QED) is 0.364. The fourth-order valence-corrected chi connectivity index (χ4v) is 2.05. The Morgan fingerprint density at radius 2 is 2.21 bits per heavy atom. The second kappa shape index (κ2) is 7.35. The summed E-state index contributed by atoms with van der Waals surface area (Å²) in [5.41, 5.74) is 6.68. The van der Waals surface area contributed by atoms with E-state index in [9.17, 15) is 0 Å². The van der Waals surface area contributed by atoms with E-state index in [0.29, 0.717) is 13.1 Å². The van der Waals surface area contributed by atoms with E-state index >= 15 is 0 Å². The summed E-state index contributed by atoms with van der Waals surface area (Å²) in [4.78, 5) is 2.11. The van der Waals surface area contributed by atoms with Crippen molar-refractivity contribution in [2.75, 3.05) is 13.7 Å². The van der Waals surface area contributed by atoms with Crippen molar-refractivity contribution in [1.29, 1.82) is 0 Å². The minimum atomic E-state index is 0.202. The summed E-state index contributed by atoms with van der Waals surface area (Å²) < 4.78 is 6.24. The lowest BCUT2D eigenvalue weighted by molar-refractivity contribution is 0.238. The van der Waals surface area contributed by atoms with Gasteiger partial charge in [0.1, 0.15) is 5.75 Å². The van der Waals surface area contributed by atoms with E-state index in [4.69, 9.17) is 15.7 Å². The molecule has 106 valence electrons. The Hall–Kier alpha value is -1.27. The van der Waals surface area contributed by atoms with Gasteiger partial charge in [-0.1, -0.05) is 21.1 Å². The molecule has 0 amide bonds. The van der Waals surface area contributed by atoms with Crippen molar-refractivity contribution in [3.63, 3.8) is 0 Å². The van der Waals surface area contributed by atoms with Gasteiger partial charge in [-0.25, -0.2) is 0 Å². The number of rotatable bonds is 6. The Bertz CT molecular complexity index is 450. The minimum Gasteiger partial charge on any atom is -0.497 e. The maximum atomic E-state index is 8.68. The van der Waals surface area contributed by atoms with Gasteiger partial charge in [-0.05, 0) is 37.6 Å². The number of nitrogens with zero attached hydrogens (tertiary/aromatic N) is 2. The van der Waals surface area contributed by atoms with Crippen molar-refractivity contribution in [2.24, 2.45) is 10.9 Å². The molecule has 0 unspecified atom stereocenters. The molecule has 1 aromatic carbocycles. The van der Waals surface area contributed by atoms with Crippen LogP contribution < -0.4 is 10.5 Å². The van der Waals surface area contributed by atoms with Crippen LogP contribution in [0.5, 0.6) is 5.75 Å². The molecule has 3 N–H and O–H groups in total. The lowest BCUT2D eigenvalue weighted by atomic mass is 10.1. The summed E-state index contributed by atoms with van der Waals surface area (Å²) in [7, 11) is 1.64. The average Bonchev–Trinajstić information content (AvgIpc) is 2.39. The van der Waals surface area contributed by atoms with Gasteiger partial charge in [-0.3, -0.25) is 4.90 Å². The highest BCUT2D eigenvalue weighted by molar-refractivity contribution is 9.10. The molecule has 0 spiro atoms. The van der Waals surface area contributed by atoms with E-state index < -0.39 is 0 Å². The third-order valence-electron chi connectivity index (χ3n) is 2.85. The molecular formula is C13H20BrN3O2. The van der Waals surface area contributed by atoms with Crippen molar-refractivity contribution in [2.45, 2.75) is 26.4 Å². The molecule has 0 aliphatic carbocycles. The number of benzene rings is 1. The molecule has 0 saturated heterocycles. The van der Waals surface area contributed by atoms with Crippen LogP contribution in [-0.2, 0) is 6.54 Å². The number of amidine groups is 1. The van der Waals surface area contributed by atoms with Crippen LogP contribution in [-0.4, -0.2) is 35.6 Å². The van der Waals surface area contributed by atoms with E-state index in [1.807, 2.05) is 18.2 Å². The zero-order valence-corrected chi connectivity index (χ0v) is 13.0. The van der Waals surface area contributed by atoms with Crippen LogP contribution in [0, 0.1) is 0 Å². The van der Waals surface area contributed by atoms with Gasteiger partial charge in [-0.15, -0.1) is 0 Å². The number of ether oxygens (including phenoxy) is 1. The monoisotopic (exact) mass is 329 g/mol. The molecule has 0 fully saturated rings. The van der Waals surface area contributed by atoms with Crippen LogP contribution in [0.4, 0.5) is 0 Å². The normalized spacial score (nSPS) is 12.2. The van der Waals surface area contributed by atoms with E-state index in [0.717, 1.165) is 15.8 Å². The standard InChI is InChI=1S/C13H20BrN3O2/c1-9(2)17(8-13(15)16-18)7-10-6-11(19-3)4-5-12(10)14/h4-6,9,18H,7-8H2,1-3H3,(H2,15,16). The highest BCUT2D eigenvalue weighted by Crippen LogP contribution is 2.24. The Balaban J connectivity index is 2.90. The Labute approximate surface area is 122 Å². The second-order valence-electron chi connectivity index (χ2n) is 4.55. The van der Waals surface area contributed by atoms with E-state index in [1.165, 1.54) is 0 Å². The van der Waals surface area contributed by atoms with Crippen LogP contribution in [0.3, 0.4) is 0 Å². The van der Waals surface area contributed by atoms with E-state index in [-0.39, 0.29) is 11.9 Å². The smallest absolute Gasteiger partial charge is 0.153 e. The lowest BCUT2D eigenvalue weighted by Gasteiger charge is -2.26. The Morgan fingerprint density at radius 1 is 1.53 bits per heavy atom. The summed E-state index contributed by atoms with van der Waals surface area (Å²) in [6.45, 7) is 5.24. The Kier molecular flexibility index (Phi) is 6.11. The molecule has 5 nitrogen and oxygen atoms in total. The van der Waals surface area contributed by atoms with Crippen molar-refractivity contribution in [3.8, 4) is 5.75 Å². The molecule has 1 rings (SSSR count). The third-order valence-corrected chi connectivity index (χ3v) is 3.62. The molecule has 0 aromatic heterocycles. The van der Waals surface area contributed by atoms with Crippen LogP contribution in [0.15, 0.2) is 27.8 Å². The van der Waals surface area contributed by atoms with Gasteiger partial charge in [0.2, 0.25) is 0 Å². The summed E-state index contributed by atoms with van der Waals surface area (Å²) in [5.74, 6) is 1.01. The fraction of sp³-hybridized carbons (Fsp3) is 0.462. The Morgan fingerprint density at radius 3 is 2.74 bits per heavy atom. The molecule has 1 aromatic rings. The second-order valence-corrected chi connectivity index (χ2v) is 5.40. The zero-order chi connectivity index (χ0) is 14.4. The number of oxime groups is 1. The van der Waals surface area contributed by atoms with Gasteiger partial charge in [0, 0.05) is 17.1 Å². The van der Waals surface area contributed by atoms with Crippen molar-refractivity contribution >= 4 is 21.8 Å². The molecule has 0 aliphatic rings. The molecule has 0 radical (unpaired) electrons. The largest absolute Gasteiger partial charge is 0.497 e. The van der Waals surface area contributed by atoms with Crippen LogP contribution in [0.1, 0.15) is 19.4 Å². The van der Waals surface area contributed by atoms with Gasteiger partial charge in [0.25, 0.3) is 0 Å². The number of hydrogen-bond acceptors (Lipinski definition) is 4. The maximum Gasteiger partial charge on any atom is 0.153 e. The van der Waals surface area contributed by atoms with Gasteiger partial charge in [-0.2, -0.15) is 0 Å². The van der Waals surface area contributed by atoms with Crippen molar-refractivity contribution < 1.29 is 9.94 Å². The zero-order valence-electron chi connectivity index (χ0n) is 11.4. The first-order valence-electron chi connectivity index (χ1n) is 6.00. The van der Waals surface area contributed by atoms with E-state index in [1.54, 1.807) is 7.11 Å². The number of hydrogen-bond donors (Lipinski definition) is 2. The average molecular weight is 330 g/mol. The number of methoxy groups -OCH3 is 1. The molecule has 0 atom stereocenters. The molecule has 0 bridgehead atoms. The van der Waals surface area contributed by atoms with Crippen molar-refractivity contribution in [1.82, 2.24) is 4.90 Å². The molecule has 19 heavy (non-hydrogen) atoms. The highest BCUT2D eigenvalue weighted by Gasteiger charge is 2.14. The summed E-state index contributed by atoms with van der Waals surface area (Å²) in [6.07, 6.45) is 0. The predicted molar refractivity (Wildman–Crippen MR) is 79.6 cm³/mol. The third kappa shape index (κ3) is 4.72. The van der Waals surface area contributed by atoms with Crippen molar-refractivity contribution in [3.05, 3.63) is 28.2 Å². The number of halogens is 1. The summed E-state index contributed by atoms with van der Waals surface area (Å²) in [6, 6.07) is 6.11. The molecular weight excluding hydrogens is 310 g/mol. The number of nitrogens with two attached hydrogens (primary N) is 1.